The molecule has 0 unspecified atom stereocenters. The van der Waals surface area contributed by atoms with Gasteiger partial charge in [-0.25, -0.2) is 9.59 Å². The molecular formula is C26H24N2O7. The average molecular weight is 476 g/mol. The third kappa shape index (κ3) is 5.35. The molecule has 3 aromatic rings. The van der Waals surface area contributed by atoms with Gasteiger partial charge in [0, 0.05) is 0 Å². The van der Waals surface area contributed by atoms with Crippen LogP contribution in [0, 0.1) is 6.92 Å². The molecule has 0 atom stereocenters. The highest BCUT2D eigenvalue weighted by Gasteiger charge is 2.34. The molecule has 4 rings (SSSR count). The van der Waals surface area contributed by atoms with Crippen LogP contribution in [0.5, 0.6) is 11.5 Å². The summed E-state index contributed by atoms with van der Waals surface area (Å²) in [5.41, 5.74) is 2.94. The number of imide groups is 1. The van der Waals surface area contributed by atoms with Crippen LogP contribution in [0.25, 0.3) is 6.08 Å². The summed E-state index contributed by atoms with van der Waals surface area (Å²) in [5, 5.41) is 2.56. The van der Waals surface area contributed by atoms with E-state index >= 15 is 0 Å². The lowest BCUT2D eigenvalue weighted by molar-refractivity contribution is -0.123. The lowest BCUT2D eigenvalue weighted by Crippen LogP contribution is -2.30. The highest BCUT2D eigenvalue weighted by molar-refractivity contribution is 6.13. The molecule has 1 aliphatic heterocycles. The van der Waals surface area contributed by atoms with E-state index in [1.807, 2.05) is 31.2 Å². The van der Waals surface area contributed by atoms with Crippen molar-refractivity contribution in [3.05, 3.63) is 88.5 Å². The van der Waals surface area contributed by atoms with Gasteiger partial charge < -0.3 is 23.9 Å². The molecule has 1 saturated heterocycles. The summed E-state index contributed by atoms with van der Waals surface area (Å²) in [7, 11) is 2.76. The van der Waals surface area contributed by atoms with E-state index in [4.69, 9.17) is 13.9 Å². The van der Waals surface area contributed by atoms with Gasteiger partial charge in [0.15, 0.2) is 11.5 Å². The third-order valence-corrected chi connectivity index (χ3v) is 5.34. The van der Waals surface area contributed by atoms with E-state index in [0.717, 1.165) is 10.5 Å². The molecule has 0 saturated carbocycles. The van der Waals surface area contributed by atoms with Crippen molar-refractivity contribution in [1.82, 2.24) is 10.2 Å². The van der Waals surface area contributed by atoms with Gasteiger partial charge in [0.25, 0.3) is 5.91 Å². The second-order valence-electron chi connectivity index (χ2n) is 7.82. The average Bonchev–Trinajstić information content (AvgIpc) is 3.44. The van der Waals surface area contributed by atoms with Crippen molar-refractivity contribution in [3.8, 4) is 11.5 Å². The van der Waals surface area contributed by atoms with Crippen LogP contribution in [-0.2, 0) is 22.7 Å². The molecule has 3 amide bonds. The van der Waals surface area contributed by atoms with Gasteiger partial charge >= 0.3 is 12.0 Å². The summed E-state index contributed by atoms with van der Waals surface area (Å²) >= 11 is 0. The first kappa shape index (κ1) is 23.6. The van der Waals surface area contributed by atoms with Crippen molar-refractivity contribution in [2.45, 2.75) is 20.1 Å². The number of hydrogen-bond acceptors (Lipinski definition) is 7. The van der Waals surface area contributed by atoms with Crippen molar-refractivity contribution < 1.29 is 33.0 Å². The SMILES string of the molecule is COC(=O)c1ccc(CN2C(=O)N/C(=C\c3ccc(OCc4ccc(C)cc4)c(OC)c3)C2=O)o1. The predicted octanol–water partition coefficient (Wildman–Crippen LogP) is 4.06. The maximum Gasteiger partial charge on any atom is 0.373 e. The Morgan fingerprint density at radius 1 is 1.03 bits per heavy atom. The van der Waals surface area contributed by atoms with E-state index in [1.54, 1.807) is 24.3 Å². The Hall–Kier alpha value is -4.53. The highest BCUT2D eigenvalue weighted by atomic mass is 16.5. The molecule has 0 aliphatic carbocycles. The summed E-state index contributed by atoms with van der Waals surface area (Å²) in [5.74, 6) is 0.136. The van der Waals surface area contributed by atoms with Crippen LogP contribution in [0.3, 0.4) is 0 Å². The van der Waals surface area contributed by atoms with Gasteiger partial charge in [-0.1, -0.05) is 35.9 Å². The number of aryl methyl sites for hydroxylation is 1. The second kappa shape index (κ2) is 10.2. The molecule has 9 heteroatoms. The molecule has 1 aliphatic rings. The molecule has 35 heavy (non-hydrogen) atoms. The summed E-state index contributed by atoms with van der Waals surface area (Å²) in [6.07, 6.45) is 1.55. The summed E-state index contributed by atoms with van der Waals surface area (Å²) in [6.45, 7) is 2.27. The minimum atomic E-state index is -0.644. The van der Waals surface area contributed by atoms with E-state index < -0.39 is 17.9 Å². The van der Waals surface area contributed by atoms with Crippen LogP contribution in [0.2, 0.25) is 0 Å². The van der Waals surface area contributed by atoms with Gasteiger partial charge in [-0.2, -0.15) is 0 Å². The first-order valence-corrected chi connectivity index (χ1v) is 10.8. The number of nitrogens with zero attached hydrogens (tertiary/aromatic N) is 1. The van der Waals surface area contributed by atoms with Crippen LogP contribution in [0.1, 0.15) is 33.0 Å². The topological polar surface area (TPSA) is 107 Å². The summed E-state index contributed by atoms with van der Waals surface area (Å²) in [4.78, 5) is 37.7. The van der Waals surface area contributed by atoms with Crippen molar-refractivity contribution in [2.75, 3.05) is 14.2 Å². The van der Waals surface area contributed by atoms with Crippen LogP contribution in [0.4, 0.5) is 4.79 Å². The minimum Gasteiger partial charge on any atom is -0.493 e. The summed E-state index contributed by atoms with van der Waals surface area (Å²) in [6, 6.07) is 15.6. The lowest BCUT2D eigenvalue weighted by Gasteiger charge is -2.12. The Labute approximate surface area is 201 Å². The number of rotatable bonds is 8. The minimum absolute atomic E-state index is 0.0119. The Balaban J connectivity index is 1.46. The smallest absolute Gasteiger partial charge is 0.373 e. The number of furan rings is 1. The monoisotopic (exact) mass is 476 g/mol. The molecule has 1 N–H and O–H groups in total. The van der Waals surface area contributed by atoms with Gasteiger partial charge in [-0.05, 0) is 48.4 Å². The van der Waals surface area contributed by atoms with Crippen LogP contribution in [-0.4, -0.2) is 37.0 Å². The molecule has 1 aromatic heterocycles. The van der Waals surface area contributed by atoms with Crippen LogP contribution < -0.4 is 14.8 Å². The Bertz CT molecular complexity index is 1290. The standard InChI is InChI=1S/C26H24N2O7/c1-16-4-6-17(7-5-16)15-34-21-10-8-18(13-23(21)32-2)12-20-24(29)28(26(31)27-20)14-19-9-11-22(35-19)25(30)33-3/h4-13H,14-15H2,1-3H3,(H,27,31)/b20-12-. The number of methoxy groups -OCH3 is 2. The number of carbonyl (C=O) groups is 3. The van der Waals surface area contributed by atoms with Crippen molar-refractivity contribution >= 4 is 24.0 Å². The molecule has 0 radical (unpaired) electrons. The molecule has 2 heterocycles. The highest BCUT2D eigenvalue weighted by Crippen LogP contribution is 2.30. The maximum absolute atomic E-state index is 12.8. The third-order valence-electron chi connectivity index (χ3n) is 5.34. The Morgan fingerprint density at radius 2 is 1.80 bits per heavy atom. The lowest BCUT2D eigenvalue weighted by atomic mass is 10.1. The van der Waals surface area contributed by atoms with E-state index in [1.165, 1.54) is 31.9 Å². The van der Waals surface area contributed by atoms with Gasteiger partial charge in [0.1, 0.15) is 18.1 Å². The van der Waals surface area contributed by atoms with E-state index in [2.05, 4.69) is 10.1 Å². The number of nitrogens with one attached hydrogen (secondary N) is 1. The zero-order chi connectivity index (χ0) is 24.9. The fraction of sp³-hybridized carbons (Fsp3) is 0.192. The molecule has 1 fully saturated rings. The summed E-state index contributed by atoms with van der Waals surface area (Å²) < 4.78 is 21.3. The first-order valence-electron chi connectivity index (χ1n) is 10.8. The second-order valence-corrected chi connectivity index (χ2v) is 7.82. The van der Waals surface area contributed by atoms with Crippen molar-refractivity contribution in [1.29, 1.82) is 0 Å². The van der Waals surface area contributed by atoms with Gasteiger partial charge in [0.05, 0.1) is 20.8 Å². The largest absolute Gasteiger partial charge is 0.493 e. The number of carbonyl (C=O) groups excluding carboxylic acids is 3. The molecule has 0 bridgehead atoms. The fourth-order valence-corrected chi connectivity index (χ4v) is 3.45. The molecule has 180 valence electrons. The van der Waals surface area contributed by atoms with E-state index in [0.29, 0.717) is 23.7 Å². The van der Waals surface area contributed by atoms with Crippen LogP contribution >= 0.6 is 0 Å². The predicted molar refractivity (Wildman–Crippen MR) is 126 cm³/mol. The quantitative estimate of drug-likeness (QED) is 0.297. The molecular weight excluding hydrogens is 452 g/mol. The molecule has 2 aromatic carbocycles. The number of benzene rings is 2. The van der Waals surface area contributed by atoms with Crippen molar-refractivity contribution in [2.24, 2.45) is 0 Å². The normalized spacial score (nSPS) is 14.3. The number of esters is 1. The van der Waals surface area contributed by atoms with Gasteiger partial charge in [-0.3, -0.25) is 9.69 Å². The molecule has 0 spiro atoms. The van der Waals surface area contributed by atoms with E-state index in [9.17, 15) is 14.4 Å². The van der Waals surface area contributed by atoms with Crippen molar-refractivity contribution in [3.63, 3.8) is 0 Å². The van der Waals surface area contributed by atoms with Gasteiger partial charge in [-0.15, -0.1) is 0 Å². The zero-order valence-electron chi connectivity index (χ0n) is 19.5. The number of amides is 3. The number of hydrogen-bond donors (Lipinski definition) is 1. The van der Waals surface area contributed by atoms with Gasteiger partial charge in [0.2, 0.25) is 5.76 Å². The first-order chi connectivity index (χ1) is 16.9. The van der Waals surface area contributed by atoms with Crippen LogP contribution in [0.15, 0.2) is 64.7 Å². The maximum atomic E-state index is 12.8. The number of urea groups is 1. The number of ether oxygens (including phenoxy) is 3. The zero-order valence-corrected chi connectivity index (χ0v) is 19.5. The van der Waals surface area contributed by atoms with E-state index in [-0.39, 0.29) is 23.8 Å². The molecule has 9 nitrogen and oxygen atoms in total. The Kier molecular flexibility index (Phi) is 6.86. The Morgan fingerprint density at radius 3 is 2.51 bits per heavy atom. The fourth-order valence-electron chi connectivity index (χ4n) is 3.45.